The van der Waals surface area contributed by atoms with Gasteiger partial charge in [0.1, 0.15) is 0 Å². The van der Waals surface area contributed by atoms with Crippen molar-refractivity contribution in [3.05, 3.63) is 35.9 Å². The molecule has 25 heavy (non-hydrogen) atoms. The number of nitrogens with one attached hydrogen (secondary N) is 1. The van der Waals surface area contributed by atoms with Crippen LogP contribution in [0.5, 0.6) is 0 Å². The van der Waals surface area contributed by atoms with E-state index in [4.69, 9.17) is 4.74 Å². The largest absolute Gasteiger partial charge is 0.379 e. The van der Waals surface area contributed by atoms with Gasteiger partial charge in [0.05, 0.1) is 18.5 Å². The second-order valence-corrected chi connectivity index (χ2v) is 9.51. The van der Waals surface area contributed by atoms with Crippen LogP contribution in [0.15, 0.2) is 30.3 Å². The third kappa shape index (κ3) is 5.03. The van der Waals surface area contributed by atoms with E-state index in [0.717, 1.165) is 58.5 Å². The van der Waals surface area contributed by atoms with Gasteiger partial charge in [0.15, 0.2) is 9.84 Å². The van der Waals surface area contributed by atoms with Gasteiger partial charge in [-0.15, -0.1) is 0 Å². The normalized spacial score (nSPS) is 27.1. The standard InChI is InChI=1S/C19H30N2O3S/c1-25(22,23)19-10-6-5-9-17(19)20-15-18(16-7-3-2-4-8-16)21-11-13-24-14-12-21/h2-4,7-8,17-20H,5-6,9-15H2,1H3. The number of nitrogens with zero attached hydrogens (tertiary/aromatic N) is 1. The van der Waals surface area contributed by atoms with Gasteiger partial charge >= 0.3 is 0 Å². The zero-order valence-electron chi connectivity index (χ0n) is 15.1. The quantitative estimate of drug-likeness (QED) is 0.835. The summed E-state index contributed by atoms with van der Waals surface area (Å²) in [6, 6.07) is 10.8. The van der Waals surface area contributed by atoms with Crippen molar-refractivity contribution in [2.45, 2.75) is 43.0 Å². The highest BCUT2D eigenvalue weighted by atomic mass is 32.2. The molecule has 1 saturated heterocycles. The number of sulfone groups is 1. The molecule has 1 aromatic carbocycles. The lowest BCUT2D eigenvalue weighted by Crippen LogP contribution is -2.50. The Morgan fingerprint density at radius 2 is 1.84 bits per heavy atom. The molecule has 1 aliphatic carbocycles. The zero-order chi connectivity index (χ0) is 17.7. The second-order valence-electron chi connectivity index (χ2n) is 7.24. The Labute approximate surface area is 151 Å². The third-order valence-electron chi connectivity index (χ3n) is 5.50. The average Bonchev–Trinajstić information content (AvgIpc) is 2.63. The van der Waals surface area contributed by atoms with Crippen molar-refractivity contribution in [1.29, 1.82) is 0 Å². The molecule has 1 aromatic rings. The van der Waals surface area contributed by atoms with Crippen LogP contribution >= 0.6 is 0 Å². The molecule has 0 bridgehead atoms. The molecule has 5 nitrogen and oxygen atoms in total. The van der Waals surface area contributed by atoms with Gasteiger partial charge in [0.25, 0.3) is 0 Å². The maximum atomic E-state index is 12.1. The van der Waals surface area contributed by atoms with E-state index in [1.54, 1.807) is 0 Å². The number of morpholine rings is 1. The molecule has 0 spiro atoms. The van der Waals surface area contributed by atoms with Gasteiger partial charge in [-0.2, -0.15) is 0 Å². The molecule has 2 aliphatic rings. The molecule has 3 unspecified atom stereocenters. The molecule has 3 atom stereocenters. The Balaban J connectivity index is 1.71. The highest BCUT2D eigenvalue weighted by molar-refractivity contribution is 7.91. The number of ether oxygens (including phenoxy) is 1. The Morgan fingerprint density at radius 3 is 2.52 bits per heavy atom. The average molecular weight is 367 g/mol. The highest BCUT2D eigenvalue weighted by Crippen LogP contribution is 2.26. The summed E-state index contributed by atoms with van der Waals surface area (Å²) in [5.74, 6) is 0. The van der Waals surface area contributed by atoms with E-state index in [1.165, 1.54) is 11.8 Å². The van der Waals surface area contributed by atoms with Gasteiger partial charge in [-0.1, -0.05) is 43.2 Å². The summed E-state index contributed by atoms with van der Waals surface area (Å²) < 4.78 is 29.8. The number of hydrogen-bond acceptors (Lipinski definition) is 5. The molecule has 0 radical (unpaired) electrons. The first-order chi connectivity index (χ1) is 12.1. The fourth-order valence-corrected chi connectivity index (χ4v) is 5.55. The topological polar surface area (TPSA) is 58.6 Å². The first kappa shape index (κ1) is 18.8. The lowest BCUT2D eigenvalue weighted by Gasteiger charge is -2.37. The lowest BCUT2D eigenvalue weighted by atomic mass is 9.94. The van der Waals surface area contributed by atoms with Crippen LogP contribution in [0.2, 0.25) is 0 Å². The van der Waals surface area contributed by atoms with Gasteiger partial charge in [-0.25, -0.2) is 8.42 Å². The fourth-order valence-electron chi connectivity index (χ4n) is 4.13. The molecule has 2 fully saturated rings. The molecule has 0 aromatic heterocycles. The molecule has 6 heteroatoms. The zero-order valence-corrected chi connectivity index (χ0v) is 15.9. The van der Waals surface area contributed by atoms with Crippen LogP contribution < -0.4 is 5.32 Å². The van der Waals surface area contributed by atoms with Crippen molar-refractivity contribution < 1.29 is 13.2 Å². The van der Waals surface area contributed by atoms with E-state index >= 15 is 0 Å². The van der Waals surface area contributed by atoms with Crippen LogP contribution in [0, 0.1) is 0 Å². The molecule has 140 valence electrons. The van der Waals surface area contributed by atoms with Crippen LogP contribution in [-0.2, 0) is 14.6 Å². The van der Waals surface area contributed by atoms with Crippen molar-refractivity contribution in [3.63, 3.8) is 0 Å². The van der Waals surface area contributed by atoms with Crippen LogP contribution in [0.3, 0.4) is 0 Å². The van der Waals surface area contributed by atoms with Crippen LogP contribution in [-0.4, -0.2) is 63.7 Å². The Hall–Kier alpha value is -0.950. The van der Waals surface area contributed by atoms with Gasteiger partial charge in [-0.05, 0) is 18.4 Å². The Bertz CT molecular complexity index is 629. The first-order valence-corrected chi connectivity index (χ1v) is 11.3. The van der Waals surface area contributed by atoms with Crippen LogP contribution in [0.1, 0.15) is 37.3 Å². The molecule has 0 amide bonds. The fraction of sp³-hybridized carbons (Fsp3) is 0.684. The van der Waals surface area contributed by atoms with Crippen molar-refractivity contribution in [3.8, 4) is 0 Å². The highest BCUT2D eigenvalue weighted by Gasteiger charge is 2.33. The van der Waals surface area contributed by atoms with Gasteiger partial charge in [-0.3, -0.25) is 4.90 Å². The smallest absolute Gasteiger partial charge is 0.151 e. The second kappa shape index (κ2) is 8.62. The summed E-state index contributed by atoms with van der Waals surface area (Å²) in [4.78, 5) is 2.45. The predicted octanol–water partition coefficient (Wildman–Crippen LogP) is 2.01. The molecule has 3 rings (SSSR count). The lowest BCUT2D eigenvalue weighted by molar-refractivity contribution is 0.0154. The van der Waals surface area contributed by atoms with Crippen molar-refractivity contribution in [1.82, 2.24) is 10.2 Å². The van der Waals surface area contributed by atoms with E-state index in [-0.39, 0.29) is 17.3 Å². The number of hydrogen-bond donors (Lipinski definition) is 1. The maximum absolute atomic E-state index is 12.1. The SMILES string of the molecule is CS(=O)(=O)C1CCCCC1NCC(c1ccccc1)N1CCOCC1. The number of benzene rings is 1. The van der Waals surface area contributed by atoms with Crippen molar-refractivity contribution in [2.75, 3.05) is 39.1 Å². The molecule has 1 saturated carbocycles. The van der Waals surface area contributed by atoms with Crippen molar-refractivity contribution >= 4 is 9.84 Å². The Kier molecular flexibility index (Phi) is 6.49. The maximum Gasteiger partial charge on any atom is 0.151 e. The van der Waals surface area contributed by atoms with E-state index in [9.17, 15) is 8.42 Å². The molecule has 1 heterocycles. The summed E-state index contributed by atoms with van der Waals surface area (Å²) in [6.07, 6.45) is 5.24. The summed E-state index contributed by atoms with van der Waals surface area (Å²) in [5.41, 5.74) is 1.28. The van der Waals surface area contributed by atoms with Gasteiger partial charge < -0.3 is 10.1 Å². The molecular weight excluding hydrogens is 336 g/mol. The van der Waals surface area contributed by atoms with E-state index in [2.05, 4.69) is 34.5 Å². The Morgan fingerprint density at radius 1 is 1.16 bits per heavy atom. The van der Waals surface area contributed by atoms with Crippen LogP contribution in [0.25, 0.3) is 0 Å². The summed E-state index contributed by atoms with van der Waals surface area (Å²) in [7, 11) is -3.01. The number of rotatable bonds is 6. The minimum Gasteiger partial charge on any atom is -0.379 e. The minimum absolute atomic E-state index is 0.0657. The third-order valence-corrected chi connectivity index (χ3v) is 7.16. The predicted molar refractivity (Wildman–Crippen MR) is 100 cm³/mol. The minimum atomic E-state index is -3.01. The first-order valence-electron chi connectivity index (χ1n) is 9.34. The van der Waals surface area contributed by atoms with Crippen molar-refractivity contribution in [2.24, 2.45) is 0 Å². The van der Waals surface area contributed by atoms with Gasteiger partial charge in [0, 0.05) is 38.0 Å². The molecule has 1 N–H and O–H groups in total. The summed E-state index contributed by atoms with van der Waals surface area (Å²) in [5, 5.41) is 3.36. The summed E-state index contributed by atoms with van der Waals surface area (Å²) >= 11 is 0. The summed E-state index contributed by atoms with van der Waals surface area (Å²) in [6.45, 7) is 4.14. The monoisotopic (exact) mass is 366 g/mol. The molecule has 1 aliphatic heterocycles. The van der Waals surface area contributed by atoms with E-state index in [1.807, 2.05) is 6.07 Å². The van der Waals surface area contributed by atoms with Crippen LogP contribution in [0.4, 0.5) is 0 Å². The van der Waals surface area contributed by atoms with E-state index < -0.39 is 9.84 Å². The van der Waals surface area contributed by atoms with Gasteiger partial charge in [0.2, 0.25) is 0 Å². The van der Waals surface area contributed by atoms with E-state index in [0.29, 0.717) is 0 Å². The molecular formula is C19H30N2O3S.